The summed E-state index contributed by atoms with van der Waals surface area (Å²) in [5, 5.41) is 4.26. The number of carbonyl (C=O) groups excluding carboxylic acids is 2. The van der Waals surface area contributed by atoms with Gasteiger partial charge in [-0.25, -0.2) is 4.79 Å². The third kappa shape index (κ3) is 4.93. The minimum Gasteiger partial charge on any atom is -0.377 e. The average Bonchev–Trinajstić information content (AvgIpc) is 2.35. The molecule has 1 saturated heterocycles. The predicted molar refractivity (Wildman–Crippen MR) is 59.5 cm³/mol. The SMILES string of the molecule is CCNC(=O)C1COCCN1C(=O)NCC(F)(F)F. The number of urea groups is 1. The van der Waals surface area contributed by atoms with Crippen LogP contribution in [-0.4, -0.2) is 61.9 Å². The van der Waals surface area contributed by atoms with E-state index in [1.165, 1.54) is 0 Å². The molecule has 2 N–H and O–H groups in total. The number of ether oxygens (including phenoxy) is 1. The van der Waals surface area contributed by atoms with Crippen LogP contribution in [0, 0.1) is 0 Å². The van der Waals surface area contributed by atoms with Gasteiger partial charge in [-0.05, 0) is 6.92 Å². The van der Waals surface area contributed by atoms with Crippen LogP contribution in [0.5, 0.6) is 0 Å². The summed E-state index contributed by atoms with van der Waals surface area (Å²) in [7, 11) is 0. The predicted octanol–water partition coefficient (Wildman–Crippen LogP) is 0.0952. The quantitative estimate of drug-likeness (QED) is 0.771. The van der Waals surface area contributed by atoms with E-state index >= 15 is 0 Å². The maximum atomic E-state index is 12.0. The van der Waals surface area contributed by atoms with Gasteiger partial charge in [-0.2, -0.15) is 13.2 Å². The van der Waals surface area contributed by atoms with Crippen LogP contribution in [0.2, 0.25) is 0 Å². The van der Waals surface area contributed by atoms with E-state index in [1.807, 2.05) is 0 Å². The first kappa shape index (κ1) is 15.5. The Hall–Kier alpha value is -1.51. The summed E-state index contributed by atoms with van der Waals surface area (Å²) in [5.74, 6) is -0.440. The second-order valence-electron chi connectivity index (χ2n) is 3.95. The molecule has 1 heterocycles. The van der Waals surface area contributed by atoms with Crippen LogP contribution in [0.1, 0.15) is 6.92 Å². The first-order chi connectivity index (χ1) is 8.85. The van der Waals surface area contributed by atoms with Crippen LogP contribution in [0.15, 0.2) is 0 Å². The van der Waals surface area contributed by atoms with Gasteiger partial charge in [0.2, 0.25) is 5.91 Å². The molecule has 1 aliphatic rings. The largest absolute Gasteiger partial charge is 0.405 e. The summed E-state index contributed by atoms with van der Waals surface area (Å²) in [6, 6.07) is -1.82. The highest BCUT2D eigenvalue weighted by molar-refractivity contribution is 5.87. The highest BCUT2D eigenvalue weighted by Gasteiger charge is 2.34. The summed E-state index contributed by atoms with van der Waals surface area (Å²) < 4.78 is 41.1. The van der Waals surface area contributed by atoms with Gasteiger partial charge in [-0.3, -0.25) is 4.79 Å². The minimum atomic E-state index is -4.48. The van der Waals surface area contributed by atoms with Gasteiger partial charge in [-0.1, -0.05) is 0 Å². The number of nitrogens with one attached hydrogen (secondary N) is 2. The number of hydrogen-bond donors (Lipinski definition) is 2. The molecule has 0 aromatic heterocycles. The lowest BCUT2D eigenvalue weighted by molar-refractivity contribution is -0.131. The molecule has 9 heteroatoms. The second kappa shape index (κ2) is 6.60. The molecular weight excluding hydrogens is 267 g/mol. The molecule has 1 rings (SSSR count). The van der Waals surface area contributed by atoms with E-state index in [0.29, 0.717) is 6.54 Å². The average molecular weight is 283 g/mol. The topological polar surface area (TPSA) is 70.7 Å². The number of hydrogen-bond acceptors (Lipinski definition) is 3. The van der Waals surface area contributed by atoms with Crippen LogP contribution in [0.3, 0.4) is 0 Å². The Morgan fingerprint density at radius 3 is 2.63 bits per heavy atom. The van der Waals surface area contributed by atoms with Crippen molar-refractivity contribution >= 4 is 11.9 Å². The number of morpholine rings is 1. The van der Waals surface area contributed by atoms with Crippen LogP contribution in [-0.2, 0) is 9.53 Å². The first-order valence-electron chi connectivity index (χ1n) is 5.82. The third-order valence-electron chi connectivity index (χ3n) is 2.48. The maximum Gasteiger partial charge on any atom is 0.405 e. The van der Waals surface area contributed by atoms with Gasteiger partial charge < -0.3 is 20.3 Å². The lowest BCUT2D eigenvalue weighted by Gasteiger charge is -2.34. The van der Waals surface area contributed by atoms with Crippen molar-refractivity contribution in [3.8, 4) is 0 Å². The molecule has 110 valence electrons. The third-order valence-corrected chi connectivity index (χ3v) is 2.48. The molecule has 0 aliphatic carbocycles. The van der Waals surface area contributed by atoms with Crippen molar-refractivity contribution in [3.05, 3.63) is 0 Å². The van der Waals surface area contributed by atoms with E-state index in [9.17, 15) is 22.8 Å². The van der Waals surface area contributed by atoms with E-state index in [2.05, 4.69) is 5.32 Å². The Kier molecular flexibility index (Phi) is 5.40. The standard InChI is InChI=1S/C10H16F3N3O3/c1-2-14-8(17)7-5-19-4-3-16(7)9(18)15-6-10(11,12)13/h7H,2-6H2,1H3,(H,14,17)(H,15,18). The van der Waals surface area contributed by atoms with Crippen molar-refractivity contribution in [3.63, 3.8) is 0 Å². The van der Waals surface area contributed by atoms with Crippen molar-refractivity contribution < 1.29 is 27.5 Å². The molecule has 0 aromatic rings. The maximum absolute atomic E-state index is 12.0. The number of alkyl halides is 3. The smallest absolute Gasteiger partial charge is 0.377 e. The number of amides is 3. The van der Waals surface area contributed by atoms with Gasteiger partial charge in [0.15, 0.2) is 0 Å². The highest BCUT2D eigenvalue weighted by atomic mass is 19.4. The minimum absolute atomic E-state index is 0.0225. The molecular formula is C10H16F3N3O3. The van der Waals surface area contributed by atoms with Crippen molar-refractivity contribution in [1.29, 1.82) is 0 Å². The fraction of sp³-hybridized carbons (Fsp3) is 0.800. The molecule has 0 aromatic carbocycles. The molecule has 1 unspecified atom stereocenters. The number of carbonyl (C=O) groups is 2. The summed E-state index contributed by atoms with van der Waals surface area (Å²) in [6.07, 6.45) is -4.48. The molecule has 1 atom stereocenters. The molecule has 1 fully saturated rings. The van der Waals surface area contributed by atoms with Crippen LogP contribution < -0.4 is 10.6 Å². The summed E-state index contributed by atoms with van der Waals surface area (Å²) >= 11 is 0. The first-order valence-corrected chi connectivity index (χ1v) is 5.82. The lowest BCUT2D eigenvalue weighted by Crippen LogP contribution is -2.58. The van der Waals surface area contributed by atoms with Gasteiger partial charge in [0.05, 0.1) is 13.2 Å². The molecule has 0 saturated carbocycles. The van der Waals surface area contributed by atoms with E-state index in [0.717, 1.165) is 4.90 Å². The van der Waals surface area contributed by atoms with Crippen molar-refractivity contribution in [1.82, 2.24) is 15.5 Å². The fourth-order valence-corrected chi connectivity index (χ4v) is 1.63. The van der Waals surface area contributed by atoms with Crippen molar-refractivity contribution in [2.24, 2.45) is 0 Å². The zero-order chi connectivity index (χ0) is 14.5. The van der Waals surface area contributed by atoms with Gasteiger partial charge in [-0.15, -0.1) is 0 Å². The van der Waals surface area contributed by atoms with Crippen LogP contribution in [0.4, 0.5) is 18.0 Å². The Bertz CT molecular complexity index is 336. The van der Waals surface area contributed by atoms with E-state index < -0.39 is 30.7 Å². The summed E-state index contributed by atoms with van der Waals surface area (Å²) in [5.41, 5.74) is 0. The molecule has 1 aliphatic heterocycles. The Morgan fingerprint density at radius 1 is 1.37 bits per heavy atom. The Balaban J connectivity index is 2.61. The Labute approximate surface area is 108 Å². The van der Waals surface area contributed by atoms with Crippen LogP contribution >= 0.6 is 0 Å². The number of nitrogens with zero attached hydrogens (tertiary/aromatic N) is 1. The highest BCUT2D eigenvalue weighted by Crippen LogP contribution is 2.13. The Morgan fingerprint density at radius 2 is 2.05 bits per heavy atom. The monoisotopic (exact) mass is 283 g/mol. The molecule has 19 heavy (non-hydrogen) atoms. The molecule has 0 bridgehead atoms. The van der Waals surface area contributed by atoms with Crippen molar-refractivity contribution in [2.45, 2.75) is 19.1 Å². The summed E-state index contributed by atoms with van der Waals surface area (Å²) in [6.45, 7) is 0.889. The van der Waals surface area contributed by atoms with Gasteiger partial charge >= 0.3 is 12.2 Å². The molecule has 0 spiro atoms. The van der Waals surface area contributed by atoms with Crippen molar-refractivity contribution in [2.75, 3.05) is 32.8 Å². The second-order valence-corrected chi connectivity index (χ2v) is 3.95. The van der Waals surface area contributed by atoms with E-state index in [1.54, 1.807) is 12.2 Å². The van der Waals surface area contributed by atoms with Gasteiger partial charge in [0.1, 0.15) is 12.6 Å². The lowest BCUT2D eigenvalue weighted by atomic mass is 10.2. The number of halogens is 3. The zero-order valence-corrected chi connectivity index (χ0v) is 10.4. The van der Waals surface area contributed by atoms with E-state index in [4.69, 9.17) is 4.74 Å². The summed E-state index contributed by atoms with van der Waals surface area (Å²) in [4.78, 5) is 24.4. The van der Waals surface area contributed by atoms with Crippen LogP contribution in [0.25, 0.3) is 0 Å². The zero-order valence-electron chi connectivity index (χ0n) is 10.4. The number of likely N-dealkylation sites (N-methyl/N-ethyl adjacent to an activating group) is 1. The normalized spacial score (nSPS) is 20.0. The molecule has 0 radical (unpaired) electrons. The van der Waals surface area contributed by atoms with Gasteiger partial charge in [0, 0.05) is 13.1 Å². The molecule has 6 nitrogen and oxygen atoms in total. The fourth-order valence-electron chi connectivity index (χ4n) is 1.63. The van der Waals surface area contributed by atoms with E-state index in [-0.39, 0.29) is 19.8 Å². The number of rotatable bonds is 3. The van der Waals surface area contributed by atoms with Gasteiger partial charge in [0.25, 0.3) is 0 Å². The molecule has 3 amide bonds.